The lowest BCUT2D eigenvalue weighted by atomic mass is 13.2. The number of nitrogens with zero attached hydrogens (tertiary/aromatic N) is 2. The van der Waals surface area contributed by atoms with E-state index in [1.165, 1.54) is 0 Å². The van der Waals surface area contributed by atoms with Crippen molar-refractivity contribution in [3.63, 3.8) is 0 Å². The Hall–Kier alpha value is -0.850. The molecule has 0 saturated carbocycles. The summed E-state index contributed by atoms with van der Waals surface area (Å²) in [6, 6.07) is 0. The maximum atomic E-state index is 9.66. The fraction of sp³-hybridized carbons (Fsp3) is 0. The van der Waals surface area contributed by atoms with Crippen LogP contribution in [0, 0.1) is 11.1 Å². The third-order valence-electron chi connectivity index (χ3n) is 0.231. The lowest BCUT2D eigenvalue weighted by Gasteiger charge is -1.72. The van der Waals surface area contributed by atoms with Gasteiger partial charge in [-0.1, -0.05) is 0 Å². The average Bonchev–Trinajstić information content (AvgIpc) is 1.68. The highest BCUT2D eigenvalue weighted by Gasteiger charge is 1.98. The first-order valence-corrected chi connectivity index (χ1v) is 2.54. The Morgan fingerprint density at radius 3 is 1.43 bits per heavy atom. The largest absolute Gasteiger partial charge is 0.397 e. The van der Waals surface area contributed by atoms with E-state index in [4.69, 9.17) is 11.1 Å². The van der Waals surface area contributed by atoms with E-state index < -0.39 is 10.2 Å². The molecule has 0 atom stereocenters. The van der Waals surface area contributed by atoms with Gasteiger partial charge < -0.3 is 0 Å². The van der Waals surface area contributed by atoms with Crippen LogP contribution in [-0.4, -0.2) is 8.42 Å². The quantitative estimate of drug-likeness (QED) is 0.513. The molecule has 0 spiro atoms. The predicted octanol–water partition coefficient (Wildman–Crippen LogP) is 0.293. The van der Waals surface area contributed by atoms with Gasteiger partial charge in [0.1, 0.15) is 0 Å². The van der Waals surface area contributed by atoms with Gasteiger partial charge in [-0.2, -0.15) is 19.5 Å². The van der Waals surface area contributed by atoms with E-state index in [0.29, 0.717) is 0 Å². The van der Waals surface area contributed by atoms with Crippen LogP contribution in [0.15, 0.2) is 9.04 Å². The Morgan fingerprint density at radius 2 is 1.43 bits per heavy atom. The van der Waals surface area contributed by atoms with Crippen LogP contribution < -0.4 is 0 Å². The van der Waals surface area contributed by atoms with E-state index in [9.17, 15) is 8.42 Å². The van der Waals surface area contributed by atoms with Gasteiger partial charge in [0.2, 0.25) is 0 Å². The molecule has 2 N–H and O–H groups in total. The first-order chi connectivity index (χ1) is 3.12. The monoisotopic (exact) mass is 122 g/mol. The van der Waals surface area contributed by atoms with Crippen molar-refractivity contribution in [3.8, 4) is 0 Å². The zero-order valence-corrected chi connectivity index (χ0v) is 3.94. The van der Waals surface area contributed by atoms with Crippen LogP contribution in [0.2, 0.25) is 0 Å². The van der Waals surface area contributed by atoms with Crippen molar-refractivity contribution >= 4 is 10.2 Å². The first-order valence-electron chi connectivity index (χ1n) is 1.15. The fourth-order valence-electron chi connectivity index (χ4n) is 0.0204. The standard InChI is InChI=1S/H2N4O2S/c1-3-7(5,6)4-2/h1-2H. The molecule has 7 heavy (non-hydrogen) atoms. The number of rotatable bonds is 2. The zero-order valence-electron chi connectivity index (χ0n) is 3.12. The van der Waals surface area contributed by atoms with Crippen molar-refractivity contribution in [2.75, 3.05) is 0 Å². The molecule has 0 aliphatic rings. The summed E-state index contributed by atoms with van der Waals surface area (Å²) in [6.45, 7) is 0. The molecule has 0 amide bonds. The van der Waals surface area contributed by atoms with Crippen molar-refractivity contribution in [2.24, 2.45) is 9.04 Å². The number of nitrogens with one attached hydrogen (secondary N) is 2. The fourth-order valence-corrected chi connectivity index (χ4v) is 0.0612. The Bertz CT molecular complexity index is 150. The summed E-state index contributed by atoms with van der Waals surface area (Å²) in [5.74, 6) is 0. The maximum Gasteiger partial charge on any atom is 0.397 e. The third kappa shape index (κ3) is 1.93. The van der Waals surface area contributed by atoms with E-state index in [0.717, 1.165) is 0 Å². The summed E-state index contributed by atoms with van der Waals surface area (Å²) in [7, 11) is -4.07. The van der Waals surface area contributed by atoms with E-state index in [-0.39, 0.29) is 0 Å². The van der Waals surface area contributed by atoms with Gasteiger partial charge in [-0.05, 0) is 9.04 Å². The van der Waals surface area contributed by atoms with E-state index in [2.05, 4.69) is 0 Å². The Balaban J connectivity index is 4.49. The van der Waals surface area contributed by atoms with Crippen LogP contribution >= 0.6 is 0 Å². The molecule has 7 heteroatoms. The minimum atomic E-state index is -4.07. The smallest absolute Gasteiger partial charge is 0.191 e. The van der Waals surface area contributed by atoms with Crippen molar-refractivity contribution in [3.05, 3.63) is 0 Å². The minimum Gasteiger partial charge on any atom is -0.191 e. The predicted molar refractivity (Wildman–Crippen MR) is 19.2 cm³/mol. The Morgan fingerprint density at radius 1 is 1.14 bits per heavy atom. The minimum absolute atomic E-state index is 2.01. The molecule has 0 fully saturated rings. The van der Waals surface area contributed by atoms with Crippen LogP contribution in [0.4, 0.5) is 0 Å². The van der Waals surface area contributed by atoms with Gasteiger partial charge in [0, 0.05) is 0 Å². The van der Waals surface area contributed by atoms with E-state index in [1.54, 1.807) is 0 Å². The van der Waals surface area contributed by atoms with Crippen molar-refractivity contribution < 1.29 is 8.42 Å². The molecule has 40 valence electrons. The van der Waals surface area contributed by atoms with Gasteiger partial charge in [-0.15, -0.1) is 0 Å². The van der Waals surface area contributed by atoms with Gasteiger partial charge >= 0.3 is 10.2 Å². The number of hydrogen-bond donors (Lipinski definition) is 2. The van der Waals surface area contributed by atoms with Gasteiger partial charge in [0.25, 0.3) is 0 Å². The topological polar surface area (TPSA) is 107 Å². The molecular weight excluding hydrogens is 120 g/mol. The SMILES string of the molecule is N=NS(=O)(=O)N=N. The summed E-state index contributed by atoms with van der Waals surface area (Å²) in [5.41, 5.74) is 11.7. The molecule has 0 unspecified atom stereocenters. The van der Waals surface area contributed by atoms with Crippen LogP contribution in [-0.2, 0) is 10.2 Å². The van der Waals surface area contributed by atoms with Crippen molar-refractivity contribution in [1.82, 2.24) is 0 Å². The van der Waals surface area contributed by atoms with Crippen LogP contribution in [0.3, 0.4) is 0 Å². The van der Waals surface area contributed by atoms with Gasteiger partial charge in [-0.25, -0.2) is 0 Å². The third-order valence-corrected chi connectivity index (χ3v) is 0.692. The molecular formula is H2N4O2S. The lowest BCUT2D eigenvalue weighted by Crippen LogP contribution is -1.82. The van der Waals surface area contributed by atoms with Crippen LogP contribution in [0.1, 0.15) is 0 Å². The zero-order chi connectivity index (χ0) is 5.91. The van der Waals surface area contributed by atoms with Gasteiger partial charge in [0.05, 0.1) is 0 Å². The molecule has 0 aromatic carbocycles. The summed E-state index contributed by atoms with van der Waals surface area (Å²) in [4.78, 5) is 0. The molecule has 0 aromatic heterocycles. The highest BCUT2D eigenvalue weighted by Crippen LogP contribution is 1.87. The van der Waals surface area contributed by atoms with Gasteiger partial charge in [-0.3, -0.25) is 0 Å². The van der Waals surface area contributed by atoms with Crippen LogP contribution in [0.25, 0.3) is 0 Å². The summed E-state index contributed by atoms with van der Waals surface area (Å²) in [6.07, 6.45) is 0. The summed E-state index contributed by atoms with van der Waals surface area (Å²) < 4.78 is 23.3. The average molecular weight is 122 g/mol. The molecule has 0 saturated heterocycles. The summed E-state index contributed by atoms with van der Waals surface area (Å²) in [5, 5.41) is 0. The summed E-state index contributed by atoms with van der Waals surface area (Å²) >= 11 is 0. The number of hydrogen-bond acceptors (Lipinski definition) is 4. The Labute approximate surface area is 39.7 Å². The lowest BCUT2D eigenvalue weighted by molar-refractivity contribution is 0.592. The van der Waals surface area contributed by atoms with Crippen LogP contribution in [0.5, 0.6) is 0 Å². The second-order valence-electron chi connectivity index (χ2n) is 0.630. The normalized spacial score (nSPS) is 10.3. The molecule has 0 aliphatic carbocycles. The van der Waals surface area contributed by atoms with E-state index >= 15 is 0 Å². The van der Waals surface area contributed by atoms with E-state index in [1.807, 2.05) is 9.04 Å². The van der Waals surface area contributed by atoms with Gasteiger partial charge in [0.15, 0.2) is 0 Å². The first kappa shape index (κ1) is 6.15. The highest BCUT2D eigenvalue weighted by atomic mass is 32.2. The molecule has 0 rings (SSSR count). The second kappa shape index (κ2) is 1.73. The van der Waals surface area contributed by atoms with Crippen molar-refractivity contribution in [2.45, 2.75) is 0 Å². The molecule has 0 aliphatic heterocycles. The Kier molecular flexibility index (Phi) is 1.52. The molecule has 6 nitrogen and oxygen atoms in total. The molecule has 0 radical (unpaired) electrons. The highest BCUT2D eigenvalue weighted by molar-refractivity contribution is 7.88. The molecule has 0 bridgehead atoms. The molecule has 0 heterocycles. The molecule has 0 aromatic rings. The van der Waals surface area contributed by atoms with Crippen molar-refractivity contribution in [1.29, 1.82) is 11.1 Å². The maximum absolute atomic E-state index is 9.66. The second-order valence-corrected chi connectivity index (χ2v) is 1.89.